The summed E-state index contributed by atoms with van der Waals surface area (Å²) < 4.78 is 0. The molecule has 142 valence electrons. The molecule has 0 atom stereocenters. The van der Waals surface area contributed by atoms with Gasteiger partial charge in [-0.1, -0.05) is 29.8 Å². The predicted octanol–water partition coefficient (Wildman–Crippen LogP) is 5.71. The summed E-state index contributed by atoms with van der Waals surface area (Å²) in [6.45, 7) is 3.88. The van der Waals surface area contributed by atoms with E-state index >= 15 is 0 Å². The number of benzene rings is 2. The van der Waals surface area contributed by atoms with Crippen LogP contribution < -0.4 is 5.32 Å². The second-order valence-electron chi connectivity index (χ2n) is 7.06. The number of rotatable bonds is 3. The third-order valence-electron chi connectivity index (χ3n) is 5.00. The minimum Gasteiger partial charge on any atom is -0.360 e. The van der Waals surface area contributed by atoms with Gasteiger partial charge in [0.25, 0.3) is 5.91 Å². The molecule has 3 aromatic heterocycles. The van der Waals surface area contributed by atoms with Crippen molar-refractivity contribution < 1.29 is 4.79 Å². The molecule has 29 heavy (non-hydrogen) atoms. The van der Waals surface area contributed by atoms with Gasteiger partial charge < -0.3 is 4.98 Å². The van der Waals surface area contributed by atoms with Gasteiger partial charge in [0.15, 0.2) is 5.13 Å². The molecule has 5 rings (SSSR count). The number of carbonyl (C=O) groups is 1. The summed E-state index contributed by atoms with van der Waals surface area (Å²) in [5.74, 6) is -0.196. The number of aryl methyl sites for hydroxylation is 2. The summed E-state index contributed by atoms with van der Waals surface area (Å²) in [7, 11) is 0. The van der Waals surface area contributed by atoms with Crippen molar-refractivity contribution in [1.29, 1.82) is 0 Å². The fraction of sp³-hybridized carbons (Fsp3) is 0.0870. The summed E-state index contributed by atoms with van der Waals surface area (Å²) in [4.78, 5) is 25.3. The second kappa shape index (κ2) is 6.83. The van der Waals surface area contributed by atoms with Crippen LogP contribution in [0.2, 0.25) is 0 Å². The zero-order chi connectivity index (χ0) is 20.0. The van der Waals surface area contributed by atoms with Gasteiger partial charge in [0, 0.05) is 33.4 Å². The van der Waals surface area contributed by atoms with Crippen molar-refractivity contribution in [3.8, 4) is 11.3 Å². The summed E-state index contributed by atoms with van der Waals surface area (Å²) in [5, 5.41) is 7.52. The smallest absolute Gasteiger partial charge is 0.259 e. The molecule has 2 N–H and O–H groups in total. The molecule has 1 amide bonds. The van der Waals surface area contributed by atoms with Crippen LogP contribution in [0, 0.1) is 13.8 Å². The number of carbonyl (C=O) groups excluding carboxylic acids is 1. The molecule has 0 spiro atoms. The fourth-order valence-corrected chi connectivity index (χ4v) is 4.23. The zero-order valence-electron chi connectivity index (χ0n) is 16.0. The van der Waals surface area contributed by atoms with Crippen molar-refractivity contribution in [2.24, 2.45) is 0 Å². The standard InChI is InChI=1S/C23H18N4OS/c1-13-7-8-19-15(9-13)10-17(14(2)25-19)22(28)27-23-26-21(12-29-23)18-11-24-20-6-4-3-5-16(18)20/h3-12,24H,1-2H3,(H,26,27,28). The van der Waals surface area contributed by atoms with Crippen molar-refractivity contribution in [3.05, 3.63) is 76.9 Å². The Balaban J connectivity index is 1.45. The van der Waals surface area contributed by atoms with E-state index < -0.39 is 0 Å². The van der Waals surface area contributed by atoms with Crippen LogP contribution in [0.3, 0.4) is 0 Å². The Morgan fingerprint density at radius 3 is 2.83 bits per heavy atom. The summed E-state index contributed by atoms with van der Waals surface area (Å²) in [6, 6.07) is 16.0. The second-order valence-corrected chi connectivity index (χ2v) is 7.92. The molecule has 5 nitrogen and oxygen atoms in total. The number of nitrogens with one attached hydrogen (secondary N) is 2. The van der Waals surface area contributed by atoms with Crippen LogP contribution in [-0.2, 0) is 0 Å². The van der Waals surface area contributed by atoms with Crippen LogP contribution in [0.5, 0.6) is 0 Å². The van der Waals surface area contributed by atoms with Gasteiger partial charge in [0.2, 0.25) is 0 Å². The lowest BCUT2D eigenvalue weighted by Crippen LogP contribution is -2.14. The van der Waals surface area contributed by atoms with E-state index in [0.29, 0.717) is 16.4 Å². The Morgan fingerprint density at radius 2 is 1.93 bits per heavy atom. The molecule has 3 heterocycles. The van der Waals surface area contributed by atoms with Gasteiger partial charge in [-0.25, -0.2) is 4.98 Å². The van der Waals surface area contributed by atoms with Crippen LogP contribution >= 0.6 is 11.3 Å². The third-order valence-corrected chi connectivity index (χ3v) is 5.75. The molecule has 0 aliphatic carbocycles. The van der Waals surface area contributed by atoms with Crippen molar-refractivity contribution in [2.75, 3.05) is 5.32 Å². The number of hydrogen-bond donors (Lipinski definition) is 2. The van der Waals surface area contributed by atoms with Gasteiger partial charge in [-0.05, 0) is 38.1 Å². The van der Waals surface area contributed by atoms with E-state index in [2.05, 4.69) is 26.3 Å². The van der Waals surface area contributed by atoms with E-state index in [4.69, 9.17) is 0 Å². The molecule has 2 aromatic carbocycles. The first-order chi connectivity index (χ1) is 14.1. The summed E-state index contributed by atoms with van der Waals surface area (Å²) in [5.41, 5.74) is 6.22. The molecule has 0 unspecified atom stereocenters. The highest BCUT2D eigenvalue weighted by Crippen LogP contribution is 2.31. The highest BCUT2D eigenvalue weighted by molar-refractivity contribution is 7.14. The minimum atomic E-state index is -0.196. The van der Waals surface area contributed by atoms with E-state index in [9.17, 15) is 4.79 Å². The topological polar surface area (TPSA) is 70.7 Å². The monoisotopic (exact) mass is 398 g/mol. The van der Waals surface area contributed by atoms with E-state index in [-0.39, 0.29) is 5.91 Å². The average Bonchev–Trinajstić information content (AvgIpc) is 3.34. The first kappa shape index (κ1) is 17.6. The van der Waals surface area contributed by atoms with E-state index in [0.717, 1.165) is 38.6 Å². The highest BCUT2D eigenvalue weighted by Gasteiger charge is 2.15. The number of pyridine rings is 1. The quantitative estimate of drug-likeness (QED) is 0.409. The Hall–Kier alpha value is -3.51. The van der Waals surface area contributed by atoms with Gasteiger partial charge >= 0.3 is 0 Å². The Morgan fingerprint density at radius 1 is 1.07 bits per heavy atom. The average molecular weight is 398 g/mol. The van der Waals surface area contributed by atoms with Gasteiger partial charge in [0.05, 0.1) is 22.5 Å². The van der Waals surface area contributed by atoms with E-state index in [1.54, 1.807) is 0 Å². The first-order valence-corrected chi connectivity index (χ1v) is 10.2. The largest absolute Gasteiger partial charge is 0.360 e. The number of hydrogen-bond acceptors (Lipinski definition) is 4. The molecule has 5 aromatic rings. The number of fused-ring (bicyclic) bond motifs is 2. The van der Waals surface area contributed by atoms with Gasteiger partial charge in [-0.3, -0.25) is 15.1 Å². The van der Waals surface area contributed by atoms with Crippen molar-refractivity contribution in [1.82, 2.24) is 15.0 Å². The number of thiazole rings is 1. The number of anilines is 1. The molecule has 0 radical (unpaired) electrons. The van der Waals surface area contributed by atoms with Crippen LogP contribution in [0.4, 0.5) is 5.13 Å². The Bertz CT molecular complexity index is 1380. The van der Waals surface area contributed by atoms with E-state index in [1.807, 2.05) is 67.9 Å². The zero-order valence-corrected chi connectivity index (χ0v) is 16.8. The molecular weight excluding hydrogens is 380 g/mol. The van der Waals surface area contributed by atoms with Crippen molar-refractivity contribution in [3.63, 3.8) is 0 Å². The fourth-order valence-electron chi connectivity index (χ4n) is 3.52. The summed E-state index contributed by atoms with van der Waals surface area (Å²) in [6.07, 6.45) is 1.95. The molecule has 0 fully saturated rings. The number of nitrogens with zero attached hydrogens (tertiary/aromatic N) is 2. The predicted molar refractivity (Wildman–Crippen MR) is 119 cm³/mol. The van der Waals surface area contributed by atoms with Gasteiger partial charge in [-0.15, -0.1) is 11.3 Å². The molecule has 6 heteroatoms. The lowest BCUT2D eigenvalue weighted by molar-refractivity contribution is 0.102. The lowest BCUT2D eigenvalue weighted by Gasteiger charge is -2.07. The molecule has 0 saturated carbocycles. The third kappa shape index (κ3) is 3.17. The molecule has 0 aliphatic rings. The van der Waals surface area contributed by atoms with Crippen LogP contribution in [0.25, 0.3) is 33.1 Å². The number of amides is 1. The van der Waals surface area contributed by atoms with E-state index in [1.165, 1.54) is 11.3 Å². The van der Waals surface area contributed by atoms with Crippen molar-refractivity contribution in [2.45, 2.75) is 13.8 Å². The molecular formula is C23H18N4OS. The number of aromatic amines is 1. The maximum Gasteiger partial charge on any atom is 0.259 e. The number of aromatic nitrogens is 3. The first-order valence-electron chi connectivity index (χ1n) is 9.30. The lowest BCUT2D eigenvalue weighted by atomic mass is 10.1. The maximum atomic E-state index is 12.9. The Kier molecular flexibility index (Phi) is 4.14. The molecule has 0 saturated heterocycles. The molecule has 0 aliphatic heterocycles. The molecule has 0 bridgehead atoms. The normalized spacial score (nSPS) is 11.2. The highest BCUT2D eigenvalue weighted by atomic mass is 32.1. The van der Waals surface area contributed by atoms with Crippen LogP contribution in [-0.4, -0.2) is 20.9 Å². The maximum absolute atomic E-state index is 12.9. The Labute approximate surface area is 171 Å². The number of para-hydroxylation sites is 1. The SMILES string of the molecule is Cc1ccc2nc(C)c(C(=O)Nc3nc(-c4c[nH]c5ccccc45)cs3)cc2c1. The van der Waals surface area contributed by atoms with Crippen LogP contribution in [0.15, 0.2) is 60.1 Å². The van der Waals surface area contributed by atoms with Gasteiger partial charge in [0.1, 0.15) is 0 Å². The summed E-state index contributed by atoms with van der Waals surface area (Å²) >= 11 is 1.41. The van der Waals surface area contributed by atoms with Crippen molar-refractivity contribution >= 4 is 44.2 Å². The van der Waals surface area contributed by atoms with Gasteiger partial charge in [-0.2, -0.15) is 0 Å². The van der Waals surface area contributed by atoms with Crippen LogP contribution in [0.1, 0.15) is 21.6 Å². The number of H-pyrrole nitrogens is 1. The minimum absolute atomic E-state index is 0.196.